The minimum atomic E-state index is -0.356. The third-order valence-corrected chi connectivity index (χ3v) is 4.01. The highest BCUT2D eigenvalue weighted by Gasteiger charge is 2.13. The monoisotopic (exact) mass is 375 g/mol. The number of rotatable bonds is 3. The smallest absolute Gasteiger partial charge is 0.270 e. The molecule has 3 aromatic carbocycles. The van der Waals surface area contributed by atoms with Gasteiger partial charge in [-0.15, -0.1) is 0 Å². The summed E-state index contributed by atoms with van der Waals surface area (Å²) in [7, 11) is 0. The minimum absolute atomic E-state index is 0.00870. The van der Waals surface area contributed by atoms with Crippen molar-refractivity contribution >= 4 is 29.1 Å². The third-order valence-electron chi connectivity index (χ3n) is 3.81. The molecule has 0 saturated carbocycles. The van der Waals surface area contributed by atoms with Crippen molar-refractivity contribution in [3.05, 3.63) is 96.1 Å². The molecule has 2 amide bonds. The lowest BCUT2D eigenvalue weighted by atomic mass is 9.99. The van der Waals surface area contributed by atoms with E-state index in [1.165, 1.54) is 0 Å². The van der Waals surface area contributed by atoms with Crippen molar-refractivity contribution in [2.24, 2.45) is 0 Å². The van der Waals surface area contributed by atoms with Gasteiger partial charge in [0.2, 0.25) is 0 Å². The first kappa shape index (κ1) is 18.3. The second-order valence-corrected chi connectivity index (χ2v) is 6.05. The molecule has 5 nitrogen and oxygen atoms in total. The van der Waals surface area contributed by atoms with Crippen LogP contribution in [0.15, 0.2) is 84.9 Å². The molecule has 134 valence electrons. The molecule has 6 heteroatoms. The zero-order chi connectivity index (χ0) is 19.1. The summed E-state index contributed by atoms with van der Waals surface area (Å²) in [6.07, 6.45) is 0. The van der Waals surface area contributed by atoms with E-state index in [0.717, 1.165) is 11.1 Å². The molecule has 0 fully saturated rings. The van der Waals surface area contributed by atoms with Crippen LogP contribution < -0.4 is 16.2 Å². The summed E-state index contributed by atoms with van der Waals surface area (Å²) in [4.78, 5) is 24.6. The molecule has 0 aliphatic heterocycles. The number of thiocarbonyl (C=S) groups is 1. The molecule has 3 aromatic rings. The first-order valence-electron chi connectivity index (χ1n) is 8.26. The van der Waals surface area contributed by atoms with Gasteiger partial charge in [-0.2, -0.15) is 0 Å². The van der Waals surface area contributed by atoms with Gasteiger partial charge in [0.05, 0.1) is 0 Å². The first-order chi connectivity index (χ1) is 13.1. The fourth-order valence-corrected chi connectivity index (χ4v) is 2.67. The van der Waals surface area contributed by atoms with Crippen LogP contribution in [0.4, 0.5) is 0 Å². The number of hydrogen-bond donors (Lipinski definition) is 3. The largest absolute Gasteiger partial charge is 0.298 e. The Labute approximate surface area is 162 Å². The highest BCUT2D eigenvalue weighted by molar-refractivity contribution is 7.80. The molecule has 3 rings (SSSR count). The quantitative estimate of drug-likeness (QED) is 0.485. The topological polar surface area (TPSA) is 70.2 Å². The average Bonchev–Trinajstić information content (AvgIpc) is 2.73. The van der Waals surface area contributed by atoms with E-state index in [1.807, 2.05) is 48.5 Å². The van der Waals surface area contributed by atoms with Crippen molar-refractivity contribution in [2.75, 3.05) is 0 Å². The molecule has 0 heterocycles. The number of benzene rings is 3. The van der Waals surface area contributed by atoms with Crippen molar-refractivity contribution in [3.63, 3.8) is 0 Å². The number of hydrazine groups is 1. The Morgan fingerprint density at radius 1 is 0.667 bits per heavy atom. The van der Waals surface area contributed by atoms with Gasteiger partial charge in [-0.1, -0.05) is 66.7 Å². The lowest BCUT2D eigenvalue weighted by molar-refractivity contribution is 0.0935. The van der Waals surface area contributed by atoms with Crippen LogP contribution in [0, 0.1) is 0 Å². The molecule has 0 radical (unpaired) electrons. The van der Waals surface area contributed by atoms with Crippen LogP contribution in [0.3, 0.4) is 0 Å². The van der Waals surface area contributed by atoms with Crippen molar-refractivity contribution in [3.8, 4) is 11.1 Å². The maximum atomic E-state index is 12.6. The molecule has 0 spiro atoms. The summed E-state index contributed by atoms with van der Waals surface area (Å²) in [5.74, 6) is -0.710. The van der Waals surface area contributed by atoms with E-state index in [4.69, 9.17) is 12.2 Å². The zero-order valence-corrected chi connectivity index (χ0v) is 15.1. The minimum Gasteiger partial charge on any atom is -0.298 e. The fourth-order valence-electron chi connectivity index (χ4n) is 2.53. The van der Waals surface area contributed by atoms with Gasteiger partial charge >= 0.3 is 0 Å². The van der Waals surface area contributed by atoms with Crippen LogP contribution in [-0.4, -0.2) is 16.9 Å². The predicted octanol–water partition coefficient (Wildman–Crippen LogP) is 3.30. The number of amides is 2. The molecular weight excluding hydrogens is 358 g/mol. The van der Waals surface area contributed by atoms with Gasteiger partial charge in [0.25, 0.3) is 11.8 Å². The van der Waals surface area contributed by atoms with Crippen molar-refractivity contribution in [2.45, 2.75) is 0 Å². The SMILES string of the molecule is O=C(NC(=S)NNC(=O)c1ccccc1-c1ccccc1)c1ccccc1. The van der Waals surface area contributed by atoms with E-state index in [-0.39, 0.29) is 16.9 Å². The van der Waals surface area contributed by atoms with Crippen LogP contribution in [0.25, 0.3) is 11.1 Å². The Kier molecular flexibility index (Phi) is 5.91. The van der Waals surface area contributed by atoms with Crippen molar-refractivity contribution in [1.82, 2.24) is 16.2 Å². The van der Waals surface area contributed by atoms with Crippen molar-refractivity contribution < 1.29 is 9.59 Å². The van der Waals surface area contributed by atoms with Gasteiger partial charge in [-0.25, -0.2) is 0 Å². The first-order valence-corrected chi connectivity index (χ1v) is 8.67. The Balaban J connectivity index is 1.63. The van der Waals surface area contributed by atoms with Crippen LogP contribution >= 0.6 is 12.2 Å². The number of nitrogens with one attached hydrogen (secondary N) is 3. The molecular formula is C21H17N3O2S. The fraction of sp³-hybridized carbons (Fsp3) is 0. The molecule has 0 aliphatic rings. The van der Waals surface area contributed by atoms with Crippen LogP contribution in [0.1, 0.15) is 20.7 Å². The molecule has 0 aromatic heterocycles. The van der Waals surface area contributed by atoms with Crippen LogP contribution in [0.5, 0.6) is 0 Å². The molecule has 0 aliphatic carbocycles. The van der Waals surface area contributed by atoms with E-state index < -0.39 is 0 Å². The predicted molar refractivity (Wildman–Crippen MR) is 109 cm³/mol. The molecule has 0 saturated heterocycles. The number of hydrogen-bond acceptors (Lipinski definition) is 3. The maximum absolute atomic E-state index is 12.6. The van der Waals surface area contributed by atoms with E-state index in [1.54, 1.807) is 36.4 Å². The standard InChI is InChI=1S/C21H17N3O2S/c25-19(16-11-5-2-6-12-16)22-21(27)24-23-20(26)18-14-8-7-13-17(18)15-9-3-1-4-10-15/h1-14H,(H,23,26)(H2,22,24,25,27). The molecule has 0 unspecified atom stereocenters. The van der Waals surface area contributed by atoms with Gasteiger partial charge in [0, 0.05) is 11.1 Å². The van der Waals surface area contributed by atoms with Gasteiger partial charge in [0.15, 0.2) is 5.11 Å². The van der Waals surface area contributed by atoms with Gasteiger partial charge in [0.1, 0.15) is 0 Å². The summed E-state index contributed by atoms with van der Waals surface area (Å²) < 4.78 is 0. The van der Waals surface area contributed by atoms with Gasteiger partial charge < -0.3 is 0 Å². The third kappa shape index (κ3) is 4.77. The van der Waals surface area contributed by atoms with Gasteiger partial charge in [-0.05, 0) is 41.5 Å². The Hall–Kier alpha value is -3.51. The maximum Gasteiger partial charge on any atom is 0.270 e. The summed E-state index contributed by atoms with van der Waals surface area (Å²) >= 11 is 5.07. The van der Waals surface area contributed by atoms with E-state index in [0.29, 0.717) is 11.1 Å². The average molecular weight is 375 g/mol. The summed E-state index contributed by atoms with van der Waals surface area (Å²) in [6, 6.07) is 25.6. The highest BCUT2D eigenvalue weighted by Crippen LogP contribution is 2.23. The molecule has 0 atom stereocenters. The Bertz CT molecular complexity index is 959. The number of carbonyl (C=O) groups excluding carboxylic acids is 2. The second kappa shape index (κ2) is 8.73. The summed E-state index contributed by atoms with van der Waals surface area (Å²) in [6.45, 7) is 0. The Morgan fingerprint density at radius 2 is 1.26 bits per heavy atom. The van der Waals surface area contributed by atoms with Crippen LogP contribution in [0.2, 0.25) is 0 Å². The Morgan fingerprint density at radius 3 is 1.96 bits per heavy atom. The lowest BCUT2D eigenvalue weighted by Crippen LogP contribution is -2.48. The highest BCUT2D eigenvalue weighted by atomic mass is 32.1. The number of carbonyl (C=O) groups is 2. The van der Waals surface area contributed by atoms with Crippen molar-refractivity contribution in [1.29, 1.82) is 0 Å². The van der Waals surface area contributed by atoms with E-state index in [9.17, 15) is 9.59 Å². The zero-order valence-electron chi connectivity index (χ0n) is 14.3. The summed E-state index contributed by atoms with van der Waals surface area (Å²) in [5.41, 5.74) is 7.79. The second-order valence-electron chi connectivity index (χ2n) is 5.64. The molecule has 3 N–H and O–H groups in total. The lowest BCUT2D eigenvalue weighted by Gasteiger charge is -2.13. The summed E-state index contributed by atoms with van der Waals surface area (Å²) in [5, 5.41) is 2.52. The molecule has 27 heavy (non-hydrogen) atoms. The van der Waals surface area contributed by atoms with Gasteiger partial charge in [-0.3, -0.25) is 25.8 Å². The normalized spacial score (nSPS) is 9.93. The van der Waals surface area contributed by atoms with E-state index >= 15 is 0 Å². The van der Waals surface area contributed by atoms with E-state index in [2.05, 4.69) is 16.2 Å². The van der Waals surface area contributed by atoms with Crippen LogP contribution in [-0.2, 0) is 0 Å². The molecule has 0 bridgehead atoms.